The first-order valence-electron chi connectivity index (χ1n) is 7.90. The van der Waals surface area contributed by atoms with Gasteiger partial charge in [-0.15, -0.1) is 5.10 Å². The highest BCUT2D eigenvalue weighted by molar-refractivity contribution is 5.47. The molecule has 0 aliphatic carbocycles. The van der Waals surface area contributed by atoms with Crippen molar-refractivity contribution in [1.82, 2.24) is 30.3 Å². The minimum Gasteiger partial charge on any atom is -0.352 e. The van der Waals surface area contributed by atoms with Crippen LogP contribution in [0.15, 0.2) is 12.4 Å². The molecule has 4 heterocycles. The molecule has 7 heteroatoms. The summed E-state index contributed by atoms with van der Waals surface area (Å²) in [7, 11) is 0. The van der Waals surface area contributed by atoms with Crippen LogP contribution in [-0.2, 0) is 0 Å². The Kier molecular flexibility index (Phi) is 3.21. The van der Waals surface area contributed by atoms with Crippen LogP contribution in [0, 0.1) is 0 Å². The number of hydrogen-bond donors (Lipinski definition) is 1. The molecule has 0 saturated carbocycles. The number of rotatable bonds is 4. The molecule has 2 aromatic rings. The van der Waals surface area contributed by atoms with Crippen molar-refractivity contribution in [3.63, 3.8) is 0 Å². The maximum absolute atomic E-state index is 4.32. The first-order chi connectivity index (χ1) is 10.3. The molecule has 2 aromatic heterocycles. The van der Waals surface area contributed by atoms with E-state index in [1.807, 2.05) is 10.7 Å². The Morgan fingerprint density at radius 2 is 2.10 bits per heavy atom. The third-order valence-corrected chi connectivity index (χ3v) is 4.74. The molecule has 112 valence electrons. The quantitative estimate of drug-likeness (QED) is 0.905. The summed E-state index contributed by atoms with van der Waals surface area (Å²) in [6.45, 7) is 3.24. The first-order valence-corrected chi connectivity index (χ1v) is 7.90. The summed E-state index contributed by atoms with van der Waals surface area (Å²) in [5, 5.41) is 15.6. The Labute approximate surface area is 123 Å². The average molecular weight is 287 g/mol. The molecule has 0 spiro atoms. The van der Waals surface area contributed by atoms with E-state index >= 15 is 0 Å². The van der Waals surface area contributed by atoms with Crippen molar-refractivity contribution in [2.75, 3.05) is 11.4 Å². The molecule has 0 aromatic carbocycles. The normalized spacial score (nSPS) is 28.1. The zero-order valence-electron chi connectivity index (χ0n) is 12.3. The smallest absolute Gasteiger partial charge is 0.199 e. The molecule has 7 nitrogen and oxygen atoms in total. The number of nitrogens with zero attached hydrogens (tertiary/aromatic N) is 6. The van der Waals surface area contributed by atoms with E-state index < -0.39 is 0 Å². The molecule has 2 saturated heterocycles. The standard InChI is InChI=1S/C14H21N7/c1-2-5-20(12-6-10-3-4-11(7-12)16-10)14-9-15-8-13-17-18-19-21(13)14/h8-12,16H,2-7H2,1H3. The van der Waals surface area contributed by atoms with Crippen LogP contribution in [0.25, 0.3) is 5.65 Å². The van der Waals surface area contributed by atoms with E-state index in [1.54, 1.807) is 6.20 Å². The SMILES string of the molecule is CCCN(c1cncc2nnnn12)C1CC2CCC(C1)N2. The van der Waals surface area contributed by atoms with Crippen molar-refractivity contribution in [2.24, 2.45) is 0 Å². The Morgan fingerprint density at radius 3 is 2.86 bits per heavy atom. The Morgan fingerprint density at radius 1 is 1.29 bits per heavy atom. The first kappa shape index (κ1) is 12.9. The van der Waals surface area contributed by atoms with Gasteiger partial charge in [0.25, 0.3) is 0 Å². The number of aromatic nitrogens is 5. The Hall–Kier alpha value is -1.76. The fourth-order valence-electron chi connectivity index (χ4n) is 3.87. The third-order valence-electron chi connectivity index (χ3n) is 4.74. The van der Waals surface area contributed by atoms with Gasteiger partial charge >= 0.3 is 0 Å². The van der Waals surface area contributed by atoms with E-state index in [2.05, 4.69) is 37.6 Å². The molecule has 1 N–H and O–H groups in total. The molecule has 2 fully saturated rings. The zero-order chi connectivity index (χ0) is 14.2. The molecule has 21 heavy (non-hydrogen) atoms. The Balaban J connectivity index is 1.69. The number of anilines is 1. The van der Waals surface area contributed by atoms with Gasteiger partial charge in [0.15, 0.2) is 11.5 Å². The second kappa shape index (κ2) is 5.22. The van der Waals surface area contributed by atoms with Gasteiger partial charge < -0.3 is 10.2 Å². The van der Waals surface area contributed by atoms with Gasteiger partial charge in [-0.1, -0.05) is 6.92 Å². The van der Waals surface area contributed by atoms with E-state index in [4.69, 9.17) is 0 Å². The van der Waals surface area contributed by atoms with Gasteiger partial charge in [0.05, 0.1) is 12.4 Å². The highest BCUT2D eigenvalue weighted by Crippen LogP contribution is 2.32. The van der Waals surface area contributed by atoms with E-state index in [9.17, 15) is 0 Å². The second-order valence-corrected chi connectivity index (χ2v) is 6.17. The average Bonchev–Trinajstić information content (AvgIpc) is 3.11. The summed E-state index contributed by atoms with van der Waals surface area (Å²) in [6, 6.07) is 1.91. The summed E-state index contributed by atoms with van der Waals surface area (Å²) in [5.74, 6) is 1.02. The summed E-state index contributed by atoms with van der Waals surface area (Å²) >= 11 is 0. The number of hydrogen-bond acceptors (Lipinski definition) is 6. The van der Waals surface area contributed by atoms with Gasteiger partial charge in [0.2, 0.25) is 0 Å². The van der Waals surface area contributed by atoms with Gasteiger partial charge in [-0.25, -0.2) is 0 Å². The molecule has 2 aliphatic rings. The van der Waals surface area contributed by atoms with Crippen LogP contribution in [0.4, 0.5) is 5.82 Å². The molecule has 2 bridgehead atoms. The second-order valence-electron chi connectivity index (χ2n) is 6.17. The van der Waals surface area contributed by atoms with E-state index in [1.165, 1.54) is 25.7 Å². The summed E-state index contributed by atoms with van der Waals surface area (Å²) < 4.78 is 1.81. The van der Waals surface area contributed by atoms with Crippen LogP contribution in [0.3, 0.4) is 0 Å². The van der Waals surface area contributed by atoms with Crippen LogP contribution < -0.4 is 10.2 Å². The fourth-order valence-corrected chi connectivity index (χ4v) is 3.87. The highest BCUT2D eigenvalue weighted by atomic mass is 15.5. The van der Waals surface area contributed by atoms with E-state index in [-0.39, 0.29) is 0 Å². The highest BCUT2D eigenvalue weighted by Gasteiger charge is 2.36. The van der Waals surface area contributed by atoms with Crippen LogP contribution in [0.5, 0.6) is 0 Å². The van der Waals surface area contributed by atoms with Crippen molar-refractivity contribution in [2.45, 2.75) is 57.2 Å². The summed E-state index contributed by atoms with van der Waals surface area (Å²) in [4.78, 5) is 6.78. The zero-order valence-corrected chi connectivity index (χ0v) is 12.3. The Bertz CT molecular complexity index is 613. The van der Waals surface area contributed by atoms with E-state index in [0.717, 1.165) is 18.8 Å². The van der Waals surface area contributed by atoms with Crippen molar-refractivity contribution in [3.8, 4) is 0 Å². The van der Waals surface area contributed by atoms with Crippen LogP contribution >= 0.6 is 0 Å². The summed E-state index contributed by atoms with van der Waals surface area (Å²) in [5.41, 5.74) is 0.713. The lowest BCUT2D eigenvalue weighted by Gasteiger charge is -2.38. The molecule has 0 amide bonds. The minimum absolute atomic E-state index is 0.556. The molecular formula is C14H21N7. The van der Waals surface area contributed by atoms with Crippen molar-refractivity contribution in [1.29, 1.82) is 0 Å². The maximum Gasteiger partial charge on any atom is 0.199 e. The predicted molar refractivity (Wildman–Crippen MR) is 79.2 cm³/mol. The molecule has 2 unspecified atom stereocenters. The van der Waals surface area contributed by atoms with Crippen LogP contribution in [0.1, 0.15) is 39.0 Å². The van der Waals surface area contributed by atoms with Gasteiger partial charge in [0, 0.05) is 24.7 Å². The third kappa shape index (κ3) is 2.25. The summed E-state index contributed by atoms with van der Waals surface area (Å²) in [6.07, 6.45) is 9.74. The van der Waals surface area contributed by atoms with Gasteiger partial charge in [-0.2, -0.15) is 4.52 Å². The number of tetrazole rings is 1. The molecular weight excluding hydrogens is 266 g/mol. The van der Waals surface area contributed by atoms with Crippen molar-refractivity contribution < 1.29 is 0 Å². The lowest BCUT2D eigenvalue weighted by Crippen LogP contribution is -2.49. The van der Waals surface area contributed by atoms with Crippen LogP contribution in [0.2, 0.25) is 0 Å². The van der Waals surface area contributed by atoms with Crippen molar-refractivity contribution in [3.05, 3.63) is 12.4 Å². The minimum atomic E-state index is 0.556. The molecule has 2 atom stereocenters. The number of fused-ring (bicyclic) bond motifs is 3. The number of piperidine rings is 1. The molecule has 4 rings (SSSR count). The lowest BCUT2D eigenvalue weighted by molar-refractivity contribution is 0.344. The number of nitrogens with one attached hydrogen (secondary N) is 1. The topological polar surface area (TPSA) is 71.2 Å². The lowest BCUT2D eigenvalue weighted by atomic mass is 9.98. The van der Waals surface area contributed by atoms with Crippen molar-refractivity contribution >= 4 is 11.5 Å². The molecule has 0 radical (unpaired) electrons. The largest absolute Gasteiger partial charge is 0.352 e. The van der Waals surface area contributed by atoms with Gasteiger partial charge in [-0.3, -0.25) is 4.98 Å². The van der Waals surface area contributed by atoms with Crippen LogP contribution in [-0.4, -0.2) is 49.7 Å². The van der Waals surface area contributed by atoms with E-state index in [0.29, 0.717) is 23.8 Å². The fraction of sp³-hybridized carbons (Fsp3) is 0.714. The molecule has 2 aliphatic heterocycles. The maximum atomic E-state index is 4.32. The van der Waals surface area contributed by atoms with Gasteiger partial charge in [0.1, 0.15) is 0 Å². The monoisotopic (exact) mass is 287 g/mol. The van der Waals surface area contributed by atoms with Gasteiger partial charge in [-0.05, 0) is 42.5 Å². The predicted octanol–water partition coefficient (Wildman–Crippen LogP) is 1.02.